The molecular formula is C14H19BrN2O. The first-order chi connectivity index (χ1) is 8.66. The van der Waals surface area contributed by atoms with Crippen LogP contribution >= 0.6 is 15.9 Å². The Morgan fingerprint density at radius 2 is 2.33 bits per heavy atom. The number of nitrogens with zero attached hydrogens (tertiary/aromatic N) is 1. The first kappa shape index (κ1) is 13.6. The fourth-order valence-electron chi connectivity index (χ4n) is 2.32. The van der Waals surface area contributed by atoms with Crippen LogP contribution in [0.25, 0.3) is 0 Å². The number of likely N-dealkylation sites (N-methyl/N-ethyl adjacent to an activating group) is 1. The molecule has 1 amide bonds. The van der Waals surface area contributed by atoms with Crippen molar-refractivity contribution in [2.24, 2.45) is 0 Å². The molecule has 1 aliphatic rings. The minimum atomic E-state index is 0.0101. The number of hydrogen-bond acceptors (Lipinski definition) is 2. The van der Waals surface area contributed by atoms with E-state index in [2.05, 4.69) is 27.3 Å². The Morgan fingerprint density at radius 1 is 1.50 bits per heavy atom. The summed E-state index contributed by atoms with van der Waals surface area (Å²) in [6.07, 6.45) is 3.29. The number of halogens is 1. The lowest BCUT2D eigenvalue weighted by Gasteiger charge is -2.27. The van der Waals surface area contributed by atoms with Crippen molar-refractivity contribution in [3.63, 3.8) is 0 Å². The van der Waals surface area contributed by atoms with Crippen LogP contribution in [-0.4, -0.2) is 30.4 Å². The SMILES string of the molecule is CN(Cc1cccc(Br)c1)C(=O)C1CCCCN1. The zero-order valence-electron chi connectivity index (χ0n) is 10.7. The van der Waals surface area contributed by atoms with E-state index in [0.29, 0.717) is 6.54 Å². The third-order valence-corrected chi connectivity index (χ3v) is 3.79. The highest BCUT2D eigenvalue weighted by molar-refractivity contribution is 9.10. The van der Waals surface area contributed by atoms with Gasteiger partial charge in [0, 0.05) is 18.1 Å². The molecule has 0 radical (unpaired) electrons. The summed E-state index contributed by atoms with van der Waals surface area (Å²) in [5, 5.41) is 3.30. The third kappa shape index (κ3) is 3.56. The number of amides is 1. The Labute approximate surface area is 117 Å². The maximum Gasteiger partial charge on any atom is 0.239 e. The molecule has 0 saturated carbocycles. The van der Waals surface area contributed by atoms with Gasteiger partial charge in [-0.15, -0.1) is 0 Å². The summed E-state index contributed by atoms with van der Waals surface area (Å²) in [7, 11) is 1.87. The Kier molecular flexibility index (Phi) is 4.78. The van der Waals surface area contributed by atoms with Crippen LogP contribution in [0.15, 0.2) is 28.7 Å². The molecule has 1 fully saturated rings. The molecular weight excluding hydrogens is 292 g/mol. The third-order valence-electron chi connectivity index (χ3n) is 3.29. The van der Waals surface area contributed by atoms with E-state index in [0.717, 1.165) is 29.4 Å². The summed E-state index contributed by atoms with van der Waals surface area (Å²) in [5.74, 6) is 0.203. The molecule has 1 heterocycles. The number of nitrogens with one attached hydrogen (secondary N) is 1. The molecule has 1 unspecified atom stereocenters. The van der Waals surface area contributed by atoms with Crippen LogP contribution in [0.1, 0.15) is 24.8 Å². The Morgan fingerprint density at radius 3 is 3.00 bits per heavy atom. The van der Waals surface area contributed by atoms with E-state index >= 15 is 0 Å². The monoisotopic (exact) mass is 310 g/mol. The molecule has 18 heavy (non-hydrogen) atoms. The molecule has 0 spiro atoms. The molecule has 1 atom stereocenters. The lowest BCUT2D eigenvalue weighted by Crippen LogP contribution is -2.46. The molecule has 1 aromatic carbocycles. The van der Waals surface area contributed by atoms with Crippen LogP contribution in [0.2, 0.25) is 0 Å². The minimum Gasteiger partial charge on any atom is -0.340 e. The Hall–Kier alpha value is -0.870. The highest BCUT2D eigenvalue weighted by Gasteiger charge is 2.23. The van der Waals surface area contributed by atoms with Crippen molar-refractivity contribution in [1.29, 1.82) is 0 Å². The second kappa shape index (κ2) is 6.34. The molecule has 1 aromatic rings. The molecule has 1 saturated heterocycles. The highest BCUT2D eigenvalue weighted by atomic mass is 79.9. The van der Waals surface area contributed by atoms with Crippen LogP contribution in [0.4, 0.5) is 0 Å². The Balaban J connectivity index is 1.94. The number of carbonyl (C=O) groups excluding carboxylic acids is 1. The molecule has 98 valence electrons. The van der Waals surface area contributed by atoms with E-state index in [1.807, 2.05) is 30.1 Å². The van der Waals surface area contributed by atoms with Crippen molar-refractivity contribution in [1.82, 2.24) is 10.2 Å². The molecule has 4 heteroatoms. The lowest BCUT2D eigenvalue weighted by atomic mass is 10.0. The predicted molar refractivity (Wildman–Crippen MR) is 76.3 cm³/mol. The maximum absolute atomic E-state index is 12.2. The van der Waals surface area contributed by atoms with Crippen LogP contribution in [0.3, 0.4) is 0 Å². The number of piperidine rings is 1. The summed E-state index contributed by atoms with van der Waals surface area (Å²) < 4.78 is 1.05. The van der Waals surface area contributed by atoms with Gasteiger partial charge < -0.3 is 10.2 Å². The number of carbonyl (C=O) groups is 1. The zero-order valence-corrected chi connectivity index (χ0v) is 12.2. The summed E-state index contributed by atoms with van der Waals surface area (Å²) in [6.45, 7) is 1.62. The molecule has 1 aliphatic heterocycles. The molecule has 0 bridgehead atoms. The predicted octanol–water partition coefficient (Wildman–Crippen LogP) is 2.55. The van der Waals surface area contributed by atoms with Crippen molar-refractivity contribution in [3.05, 3.63) is 34.3 Å². The van der Waals surface area contributed by atoms with Gasteiger partial charge in [-0.05, 0) is 37.1 Å². The van der Waals surface area contributed by atoms with E-state index in [9.17, 15) is 4.79 Å². The van der Waals surface area contributed by atoms with Gasteiger partial charge >= 0.3 is 0 Å². The Bertz CT molecular complexity index is 416. The van der Waals surface area contributed by atoms with Gasteiger partial charge in [0.05, 0.1) is 6.04 Å². The summed E-state index contributed by atoms with van der Waals surface area (Å²) in [4.78, 5) is 14.0. The zero-order chi connectivity index (χ0) is 13.0. The van der Waals surface area contributed by atoms with Gasteiger partial charge in [-0.2, -0.15) is 0 Å². The standard InChI is InChI=1S/C14H19BrN2O/c1-17(10-11-5-4-6-12(15)9-11)14(18)13-7-2-3-8-16-13/h4-6,9,13,16H,2-3,7-8,10H2,1H3. The van der Waals surface area contributed by atoms with Crippen molar-refractivity contribution >= 4 is 21.8 Å². The second-order valence-electron chi connectivity index (χ2n) is 4.83. The van der Waals surface area contributed by atoms with E-state index in [-0.39, 0.29) is 11.9 Å². The van der Waals surface area contributed by atoms with Gasteiger partial charge in [-0.3, -0.25) is 4.79 Å². The number of benzene rings is 1. The van der Waals surface area contributed by atoms with Crippen LogP contribution in [0, 0.1) is 0 Å². The van der Waals surface area contributed by atoms with Crippen LogP contribution in [-0.2, 0) is 11.3 Å². The van der Waals surface area contributed by atoms with Crippen LogP contribution < -0.4 is 5.32 Å². The topological polar surface area (TPSA) is 32.3 Å². The molecule has 3 nitrogen and oxygen atoms in total. The molecule has 0 aliphatic carbocycles. The lowest BCUT2D eigenvalue weighted by molar-refractivity contribution is -0.133. The normalized spacial score (nSPS) is 19.6. The number of hydrogen-bond donors (Lipinski definition) is 1. The fourth-order valence-corrected chi connectivity index (χ4v) is 2.76. The summed E-state index contributed by atoms with van der Waals surface area (Å²) in [6, 6.07) is 8.10. The van der Waals surface area contributed by atoms with E-state index in [1.165, 1.54) is 6.42 Å². The smallest absolute Gasteiger partial charge is 0.239 e. The van der Waals surface area contributed by atoms with Crippen molar-refractivity contribution in [3.8, 4) is 0 Å². The van der Waals surface area contributed by atoms with Crippen molar-refractivity contribution < 1.29 is 4.79 Å². The van der Waals surface area contributed by atoms with E-state index in [1.54, 1.807) is 0 Å². The molecule has 0 aromatic heterocycles. The quantitative estimate of drug-likeness (QED) is 0.930. The highest BCUT2D eigenvalue weighted by Crippen LogP contribution is 2.15. The van der Waals surface area contributed by atoms with Gasteiger partial charge in [-0.1, -0.05) is 34.5 Å². The van der Waals surface area contributed by atoms with Gasteiger partial charge in [-0.25, -0.2) is 0 Å². The molecule has 1 N–H and O–H groups in total. The van der Waals surface area contributed by atoms with Gasteiger partial charge in [0.15, 0.2) is 0 Å². The first-order valence-corrected chi connectivity index (χ1v) is 7.19. The average molecular weight is 311 g/mol. The van der Waals surface area contributed by atoms with Gasteiger partial charge in [0.1, 0.15) is 0 Å². The van der Waals surface area contributed by atoms with Crippen molar-refractivity contribution in [2.45, 2.75) is 31.8 Å². The van der Waals surface area contributed by atoms with Gasteiger partial charge in [0.2, 0.25) is 5.91 Å². The first-order valence-electron chi connectivity index (χ1n) is 6.39. The average Bonchev–Trinajstić information content (AvgIpc) is 2.39. The van der Waals surface area contributed by atoms with Gasteiger partial charge in [0.25, 0.3) is 0 Å². The van der Waals surface area contributed by atoms with Crippen molar-refractivity contribution in [2.75, 3.05) is 13.6 Å². The molecule has 2 rings (SSSR count). The van der Waals surface area contributed by atoms with E-state index in [4.69, 9.17) is 0 Å². The van der Waals surface area contributed by atoms with Crippen LogP contribution in [0.5, 0.6) is 0 Å². The fraction of sp³-hybridized carbons (Fsp3) is 0.500. The maximum atomic E-state index is 12.2. The minimum absolute atomic E-state index is 0.0101. The largest absolute Gasteiger partial charge is 0.340 e. The van der Waals surface area contributed by atoms with E-state index < -0.39 is 0 Å². The summed E-state index contributed by atoms with van der Waals surface area (Å²) >= 11 is 3.45. The number of rotatable bonds is 3. The summed E-state index contributed by atoms with van der Waals surface area (Å²) in [5.41, 5.74) is 1.15. The second-order valence-corrected chi connectivity index (χ2v) is 5.74.